The van der Waals surface area contributed by atoms with Crippen molar-refractivity contribution in [3.8, 4) is 0 Å². The highest BCUT2D eigenvalue weighted by atomic mass is 28.4. The monoisotopic (exact) mass is 601 g/mol. The molecule has 0 aromatic carbocycles. The van der Waals surface area contributed by atoms with E-state index < -0.39 is 57.0 Å². The maximum Gasteiger partial charge on any atom is 0.202 e. The average molecular weight is 602 g/mol. The Bertz CT molecular complexity index is 862. The molecule has 0 amide bonds. The van der Waals surface area contributed by atoms with Gasteiger partial charge in [0.2, 0.25) is 6.29 Å². The zero-order chi connectivity index (χ0) is 30.8. The number of nitrogens with one attached hydrogen (secondary N) is 1. The number of rotatable bonds is 11. The quantitative estimate of drug-likeness (QED) is 0.203. The number of aliphatic hydroxyl groups excluding tert-OH is 2. The van der Waals surface area contributed by atoms with Crippen molar-refractivity contribution in [2.45, 2.75) is 147 Å². The molecule has 3 rings (SSSR count). The van der Waals surface area contributed by atoms with E-state index in [2.05, 4.69) is 66.0 Å². The summed E-state index contributed by atoms with van der Waals surface area (Å²) in [5.41, 5.74) is -1.25. The number of hydrogen-bond acceptors (Lipinski definition) is 9. The van der Waals surface area contributed by atoms with Gasteiger partial charge in [-0.2, -0.15) is 0 Å². The minimum absolute atomic E-state index is 0.00393. The average Bonchev–Trinajstić information content (AvgIpc) is 2.88. The Morgan fingerprint density at radius 2 is 1.73 bits per heavy atom. The summed E-state index contributed by atoms with van der Waals surface area (Å²) in [7, 11) is -0.164. The van der Waals surface area contributed by atoms with Crippen LogP contribution in [0.15, 0.2) is 11.8 Å². The first-order valence-corrected chi connectivity index (χ1v) is 18.6. The minimum Gasteiger partial charge on any atom is -0.469 e. The molecule has 240 valence electrons. The van der Waals surface area contributed by atoms with Gasteiger partial charge in [-0.15, -0.1) is 0 Å². The molecule has 2 aliphatic heterocycles. The third kappa shape index (κ3) is 8.33. The maximum absolute atomic E-state index is 11.8. The molecule has 9 nitrogen and oxygen atoms in total. The Morgan fingerprint density at radius 1 is 1.07 bits per heavy atom. The Kier molecular flexibility index (Phi) is 12.0. The van der Waals surface area contributed by atoms with Gasteiger partial charge in [0.1, 0.15) is 17.8 Å². The topological polar surface area (TPSA) is 119 Å². The molecule has 1 unspecified atom stereocenters. The van der Waals surface area contributed by atoms with Crippen molar-refractivity contribution < 1.29 is 38.7 Å². The van der Waals surface area contributed by atoms with E-state index in [9.17, 15) is 15.3 Å². The van der Waals surface area contributed by atoms with E-state index in [1.165, 1.54) is 0 Å². The summed E-state index contributed by atoms with van der Waals surface area (Å²) in [5, 5.41) is 36.8. The van der Waals surface area contributed by atoms with Crippen LogP contribution in [0.2, 0.25) is 18.1 Å². The van der Waals surface area contributed by atoms with Gasteiger partial charge in [-0.25, -0.2) is 0 Å². The van der Waals surface area contributed by atoms with Crippen LogP contribution in [0.4, 0.5) is 0 Å². The molecule has 0 aromatic heterocycles. The van der Waals surface area contributed by atoms with Gasteiger partial charge in [-0.05, 0) is 75.7 Å². The molecular weight excluding hydrogens is 542 g/mol. The second-order valence-corrected chi connectivity index (χ2v) is 19.2. The molecule has 0 radical (unpaired) electrons. The van der Waals surface area contributed by atoms with Crippen molar-refractivity contribution in [1.82, 2.24) is 5.32 Å². The van der Waals surface area contributed by atoms with Crippen LogP contribution in [0, 0.1) is 17.8 Å². The van der Waals surface area contributed by atoms with Crippen molar-refractivity contribution in [2.75, 3.05) is 20.3 Å². The second kappa shape index (κ2) is 14.0. The first-order chi connectivity index (χ1) is 19.0. The molecule has 0 aromatic rings. The Hall–Kier alpha value is -0.563. The molecule has 1 saturated carbocycles. The van der Waals surface area contributed by atoms with Crippen molar-refractivity contribution in [1.29, 1.82) is 0 Å². The van der Waals surface area contributed by atoms with E-state index >= 15 is 0 Å². The van der Waals surface area contributed by atoms with Crippen LogP contribution >= 0.6 is 0 Å². The fourth-order valence-corrected chi connectivity index (χ4v) is 7.22. The van der Waals surface area contributed by atoms with Gasteiger partial charge in [0.15, 0.2) is 14.6 Å². The molecule has 3 aliphatic rings. The third-order valence-electron chi connectivity index (χ3n) is 9.88. The lowest BCUT2D eigenvalue weighted by atomic mass is 9.74. The standard InChI is InChI=1S/C31H59NO8Si/c1-11-22-15-14-19(2)28(38-22)39-25-20(3)17-21(13-12-16-37-41(9,10)30(4,5)6)26(23(25)33)40-29-24(34)27(32-8)31(7,35)18-36-29/h15,19-21,23-29,32-35H,11-14,16-18H2,1-10H3/t19-,20+,21-,23+,24-,25?,26+,27-,28-,29-,31+/m1/s1. The molecule has 41 heavy (non-hydrogen) atoms. The van der Waals surface area contributed by atoms with Crippen LogP contribution < -0.4 is 5.32 Å². The number of ether oxygens (including phenoxy) is 4. The fraction of sp³-hybridized carbons (Fsp3) is 0.935. The Morgan fingerprint density at radius 3 is 2.34 bits per heavy atom. The van der Waals surface area contributed by atoms with Gasteiger partial charge in [0.25, 0.3) is 0 Å². The highest BCUT2D eigenvalue weighted by molar-refractivity contribution is 6.74. The van der Waals surface area contributed by atoms with Crippen LogP contribution in [0.5, 0.6) is 0 Å². The van der Waals surface area contributed by atoms with Gasteiger partial charge < -0.3 is 44.0 Å². The van der Waals surface area contributed by atoms with E-state index in [-0.39, 0.29) is 29.4 Å². The summed E-state index contributed by atoms with van der Waals surface area (Å²) in [6.45, 7) is 19.8. The Balaban J connectivity index is 1.76. The summed E-state index contributed by atoms with van der Waals surface area (Å²) < 4.78 is 31.4. The number of likely N-dealkylation sites (N-methyl/N-ethyl adjacent to an activating group) is 1. The number of hydrogen-bond donors (Lipinski definition) is 4. The molecule has 10 heteroatoms. The van der Waals surface area contributed by atoms with Crippen LogP contribution in [-0.4, -0.2) is 92.5 Å². The van der Waals surface area contributed by atoms with Crippen molar-refractivity contribution >= 4 is 8.32 Å². The first kappa shape index (κ1) is 34.9. The van der Waals surface area contributed by atoms with E-state index in [4.69, 9.17) is 23.4 Å². The zero-order valence-corrected chi connectivity index (χ0v) is 28.2. The normalized spacial score (nSPS) is 40.7. The summed E-state index contributed by atoms with van der Waals surface area (Å²) in [5.74, 6) is 1.18. The van der Waals surface area contributed by atoms with Gasteiger partial charge in [0, 0.05) is 18.9 Å². The zero-order valence-electron chi connectivity index (χ0n) is 27.2. The largest absolute Gasteiger partial charge is 0.469 e. The SMILES string of the molecule is CCC1=CC[C@@H](C)[C@@H](OC2[C@@H](C)C[C@@H](CCCO[Si](C)(C)C(C)(C)C)[C@H](O[C@H]3OC[C@](C)(O)[C@H](NC)[C@H]3O)[C@H]2O)O1. The van der Waals surface area contributed by atoms with Crippen LogP contribution in [0.25, 0.3) is 0 Å². The van der Waals surface area contributed by atoms with Crippen LogP contribution in [0.3, 0.4) is 0 Å². The number of aliphatic hydroxyl groups is 3. The molecule has 4 N–H and O–H groups in total. The van der Waals surface area contributed by atoms with Gasteiger partial charge >= 0.3 is 0 Å². The number of allylic oxidation sites excluding steroid dienone is 2. The lowest BCUT2D eigenvalue weighted by Gasteiger charge is -2.49. The lowest BCUT2D eigenvalue weighted by Crippen LogP contribution is -2.66. The molecule has 0 spiro atoms. The van der Waals surface area contributed by atoms with Crippen LogP contribution in [-0.2, 0) is 23.4 Å². The predicted molar refractivity (Wildman–Crippen MR) is 162 cm³/mol. The summed E-state index contributed by atoms with van der Waals surface area (Å²) in [6.07, 6.45) is 1.63. The Labute approximate surface area is 249 Å². The molecular formula is C31H59NO8Si. The van der Waals surface area contributed by atoms with E-state index in [1.54, 1.807) is 14.0 Å². The molecule has 2 heterocycles. The summed E-state index contributed by atoms with van der Waals surface area (Å²) >= 11 is 0. The van der Waals surface area contributed by atoms with Gasteiger partial charge in [0.05, 0.1) is 30.6 Å². The molecule has 2 fully saturated rings. The van der Waals surface area contributed by atoms with E-state index in [1.807, 2.05) is 0 Å². The maximum atomic E-state index is 11.8. The predicted octanol–water partition coefficient (Wildman–Crippen LogP) is 4.31. The fourth-order valence-electron chi connectivity index (χ4n) is 6.13. The van der Waals surface area contributed by atoms with Crippen LogP contribution in [0.1, 0.15) is 80.6 Å². The summed E-state index contributed by atoms with van der Waals surface area (Å²) in [4.78, 5) is 0. The van der Waals surface area contributed by atoms with Gasteiger partial charge in [-0.1, -0.05) is 41.5 Å². The van der Waals surface area contributed by atoms with Crippen molar-refractivity contribution in [2.24, 2.45) is 17.8 Å². The third-order valence-corrected chi connectivity index (χ3v) is 14.4. The van der Waals surface area contributed by atoms with E-state index in [0.717, 1.165) is 37.9 Å². The molecule has 0 bridgehead atoms. The smallest absolute Gasteiger partial charge is 0.202 e. The highest BCUT2D eigenvalue weighted by Crippen LogP contribution is 2.41. The molecule has 1 aliphatic carbocycles. The van der Waals surface area contributed by atoms with E-state index in [0.29, 0.717) is 6.61 Å². The van der Waals surface area contributed by atoms with Gasteiger partial charge in [-0.3, -0.25) is 0 Å². The van der Waals surface area contributed by atoms with Crippen molar-refractivity contribution in [3.05, 3.63) is 11.8 Å². The summed E-state index contributed by atoms with van der Waals surface area (Å²) in [6, 6.07) is -0.639. The molecule has 1 saturated heterocycles. The second-order valence-electron chi connectivity index (χ2n) is 14.4. The molecule has 11 atom stereocenters. The lowest BCUT2D eigenvalue weighted by molar-refractivity contribution is -0.312. The minimum atomic E-state index is -1.86. The first-order valence-electron chi connectivity index (χ1n) is 15.7. The van der Waals surface area contributed by atoms with Crippen molar-refractivity contribution in [3.63, 3.8) is 0 Å². The highest BCUT2D eigenvalue weighted by Gasteiger charge is 2.51.